The summed E-state index contributed by atoms with van der Waals surface area (Å²) >= 11 is 1.85. The monoisotopic (exact) mass is 517 g/mol. The summed E-state index contributed by atoms with van der Waals surface area (Å²) in [5.41, 5.74) is 7.50. The van der Waals surface area contributed by atoms with Gasteiger partial charge in [-0.05, 0) is 48.5 Å². The number of benzene rings is 6. The van der Waals surface area contributed by atoms with Gasteiger partial charge < -0.3 is 9.32 Å². The van der Waals surface area contributed by atoms with E-state index in [1.54, 1.807) is 0 Å². The average Bonchev–Trinajstić information content (AvgIpc) is 3.57. The minimum Gasteiger partial charge on any atom is -0.455 e. The molecule has 0 spiro atoms. The molecule has 39 heavy (non-hydrogen) atoms. The summed E-state index contributed by atoms with van der Waals surface area (Å²) in [4.78, 5) is 2.34. The average molecular weight is 518 g/mol. The van der Waals surface area contributed by atoms with Crippen molar-refractivity contribution in [3.8, 4) is 11.1 Å². The van der Waals surface area contributed by atoms with Crippen LogP contribution in [-0.2, 0) is 0 Å². The molecule has 0 aliphatic rings. The molecular formula is C36H23NOS. The lowest BCUT2D eigenvalue weighted by molar-refractivity contribution is 0.670. The fraction of sp³-hybridized carbons (Fsp3) is 0. The van der Waals surface area contributed by atoms with E-state index in [2.05, 4.69) is 138 Å². The van der Waals surface area contributed by atoms with Gasteiger partial charge in [-0.15, -0.1) is 11.3 Å². The minimum atomic E-state index is 0.916. The Bertz CT molecular complexity index is 2080. The molecule has 3 heteroatoms. The summed E-state index contributed by atoms with van der Waals surface area (Å²) in [7, 11) is 0. The van der Waals surface area contributed by atoms with Crippen molar-refractivity contribution in [1.82, 2.24) is 0 Å². The Labute approximate surface area is 230 Å². The Morgan fingerprint density at radius 3 is 1.87 bits per heavy atom. The van der Waals surface area contributed by atoms with Gasteiger partial charge in [0.05, 0.1) is 0 Å². The number of furan rings is 1. The third-order valence-electron chi connectivity index (χ3n) is 7.44. The molecule has 0 unspecified atom stereocenters. The number of rotatable bonds is 4. The molecule has 0 atom stereocenters. The fourth-order valence-electron chi connectivity index (χ4n) is 5.70. The zero-order chi connectivity index (χ0) is 25.8. The third-order valence-corrected chi connectivity index (χ3v) is 8.66. The summed E-state index contributed by atoms with van der Waals surface area (Å²) < 4.78 is 9.08. The highest BCUT2D eigenvalue weighted by Gasteiger charge is 2.20. The second-order valence-electron chi connectivity index (χ2n) is 9.76. The molecule has 0 amide bonds. The van der Waals surface area contributed by atoms with E-state index >= 15 is 0 Å². The Kier molecular flexibility index (Phi) is 5.04. The molecule has 2 heterocycles. The van der Waals surface area contributed by atoms with E-state index in [9.17, 15) is 0 Å². The maximum Gasteiger partial charge on any atom is 0.143 e. The van der Waals surface area contributed by atoms with E-state index in [1.165, 1.54) is 25.7 Å². The predicted molar refractivity (Wildman–Crippen MR) is 167 cm³/mol. The lowest BCUT2D eigenvalue weighted by Crippen LogP contribution is -2.09. The number of anilines is 3. The molecule has 8 rings (SSSR count). The van der Waals surface area contributed by atoms with Gasteiger partial charge in [0.25, 0.3) is 0 Å². The lowest BCUT2D eigenvalue weighted by atomic mass is 9.98. The highest BCUT2D eigenvalue weighted by Crippen LogP contribution is 2.47. The number of nitrogens with zero attached hydrogens (tertiary/aromatic N) is 1. The first kappa shape index (κ1) is 22.2. The van der Waals surface area contributed by atoms with Crippen LogP contribution in [0.25, 0.3) is 53.2 Å². The van der Waals surface area contributed by atoms with Crippen LogP contribution < -0.4 is 4.90 Å². The second-order valence-corrected chi connectivity index (χ2v) is 10.8. The van der Waals surface area contributed by atoms with Crippen molar-refractivity contribution >= 4 is 70.5 Å². The summed E-state index contributed by atoms with van der Waals surface area (Å²) in [5.74, 6) is 0. The molecular weight excluding hydrogens is 494 g/mol. The van der Waals surface area contributed by atoms with Crippen LogP contribution in [0.2, 0.25) is 0 Å². The normalized spacial score (nSPS) is 11.6. The van der Waals surface area contributed by atoms with Crippen molar-refractivity contribution in [2.75, 3.05) is 4.90 Å². The van der Waals surface area contributed by atoms with Gasteiger partial charge in [0, 0.05) is 59.1 Å². The Morgan fingerprint density at radius 2 is 1.10 bits per heavy atom. The summed E-state index contributed by atoms with van der Waals surface area (Å²) in [6.07, 6.45) is 0. The van der Waals surface area contributed by atoms with Crippen LogP contribution in [0.5, 0.6) is 0 Å². The Hall–Kier alpha value is -4.86. The molecule has 184 valence electrons. The smallest absolute Gasteiger partial charge is 0.143 e. The quantitative estimate of drug-likeness (QED) is 0.231. The number of hydrogen-bond donors (Lipinski definition) is 0. The van der Waals surface area contributed by atoms with Crippen LogP contribution in [0.3, 0.4) is 0 Å². The highest BCUT2D eigenvalue weighted by molar-refractivity contribution is 7.26. The van der Waals surface area contributed by atoms with E-state index < -0.39 is 0 Å². The second kappa shape index (κ2) is 8.87. The van der Waals surface area contributed by atoms with E-state index in [0.717, 1.165) is 44.6 Å². The summed E-state index contributed by atoms with van der Waals surface area (Å²) in [6.45, 7) is 0. The first-order valence-electron chi connectivity index (χ1n) is 13.1. The molecule has 0 saturated carbocycles. The van der Waals surface area contributed by atoms with Gasteiger partial charge in [-0.1, -0.05) is 91.0 Å². The Morgan fingerprint density at radius 1 is 0.462 bits per heavy atom. The number of para-hydroxylation sites is 4. The first-order valence-corrected chi connectivity index (χ1v) is 13.9. The van der Waals surface area contributed by atoms with Gasteiger partial charge in [-0.3, -0.25) is 0 Å². The fourth-order valence-corrected chi connectivity index (χ4v) is 6.91. The zero-order valence-electron chi connectivity index (χ0n) is 21.0. The van der Waals surface area contributed by atoms with Gasteiger partial charge in [0.15, 0.2) is 0 Å². The van der Waals surface area contributed by atoms with E-state index in [-0.39, 0.29) is 0 Å². The van der Waals surface area contributed by atoms with E-state index in [1.807, 2.05) is 17.4 Å². The summed E-state index contributed by atoms with van der Waals surface area (Å²) in [5, 5.41) is 4.82. The third kappa shape index (κ3) is 3.55. The van der Waals surface area contributed by atoms with Crippen LogP contribution in [0.15, 0.2) is 144 Å². The molecule has 0 saturated heterocycles. The SMILES string of the molecule is c1ccc(N(c2ccccc2)c2cc(-c3cccc4c3oc3ccccc34)c3sc4ccccc4c3c2)cc1. The van der Waals surface area contributed by atoms with Crippen molar-refractivity contribution in [3.05, 3.63) is 140 Å². The number of hydrogen-bond acceptors (Lipinski definition) is 3. The van der Waals surface area contributed by atoms with Crippen molar-refractivity contribution < 1.29 is 4.42 Å². The standard InChI is InChI=1S/C36H23NOS/c1-3-12-24(13-4-1)37(25-14-5-2-6-15-25)26-22-31-28-17-8-10-21-34(28)39-36(31)32(23-26)30-19-11-18-29-27-16-7-9-20-33(27)38-35(29)30/h1-23H. The predicted octanol–water partition coefficient (Wildman–Crippen LogP) is 11.1. The largest absolute Gasteiger partial charge is 0.455 e. The molecule has 8 aromatic rings. The molecule has 0 radical (unpaired) electrons. The van der Waals surface area contributed by atoms with Gasteiger partial charge in [0.2, 0.25) is 0 Å². The molecule has 0 aliphatic carbocycles. The van der Waals surface area contributed by atoms with Gasteiger partial charge >= 0.3 is 0 Å². The molecule has 2 aromatic heterocycles. The van der Waals surface area contributed by atoms with Crippen LogP contribution >= 0.6 is 11.3 Å². The van der Waals surface area contributed by atoms with Crippen molar-refractivity contribution in [2.24, 2.45) is 0 Å². The zero-order valence-corrected chi connectivity index (χ0v) is 21.9. The summed E-state index contributed by atoms with van der Waals surface area (Å²) in [6, 6.07) is 49.4. The first-order chi connectivity index (χ1) is 19.3. The molecule has 0 aliphatic heterocycles. The minimum absolute atomic E-state index is 0.916. The van der Waals surface area contributed by atoms with Crippen molar-refractivity contribution in [3.63, 3.8) is 0 Å². The molecule has 6 aromatic carbocycles. The number of fused-ring (bicyclic) bond motifs is 6. The molecule has 0 N–H and O–H groups in total. The maximum atomic E-state index is 6.52. The molecule has 0 bridgehead atoms. The van der Waals surface area contributed by atoms with Crippen LogP contribution in [0, 0.1) is 0 Å². The topological polar surface area (TPSA) is 16.4 Å². The molecule has 2 nitrogen and oxygen atoms in total. The Balaban J connectivity index is 1.48. The van der Waals surface area contributed by atoms with Gasteiger partial charge in [-0.25, -0.2) is 0 Å². The van der Waals surface area contributed by atoms with Crippen LogP contribution in [0.1, 0.15) is 0 Å². The van der Waals surface area contributed by atoms with E-state index in [0.29, 0.717) is 0 Å². The maximum absolute atomic E-state index is 6.52. The van der Waals surface area contributed by atoms with Crippen molar-refractivity contribution in [2.45, 2.75) is 0 Å². The molecule has 0 fully saturated rings. The highest BCUT2D eigenvalue weighted by atomic mass is 32.1. The van der Waals surface area contributed by atoms with E-state index in [4.69, 9.17) is 4.42 Å². The van der Waals surface area contributed by atoms with Gasteiger partial charge in [-0.2, -0.15) is 0 Å². The number of thiophene rings is 1. The van der Waals surface area contributed by atoms with Gasteiger partial charge in [0.1, 0.15) is 11.2 Å². The van der Waals surface area contributed by atoms with Crippen molar-refractivity contribution in [1.29, 1.82) is 0 Å². The van der Waals surface area contributed by atoms with Crippen LogP contribution in [-0.4, -0.2) is 0 Å². The van der Waals surface area contributed by atoms with Crippen LogP contribution in [0.4, 0.5) is 17.1 Å². The lowest BCUT2D eigenvalue weighted by Gasteiger charge is -2.26.